The molecule has 3 nitrogen and oxygen atoms in total. The lowest BCUT2D eigenvalue weighted by atomic mass is 10.1. The van der Waals surface area contributed by atoms with Gasteiger partial charge >= 0.3 is 0 Å². The minimum atomic E-state index is 0.352. The smallest absolute Gasteiger partial charge is 0.0125 e. The van der Waals surface area contributed by atoms with Gasteiger partial charge in [-0.15, -0.1) is 0 Å². The van der Waals surface area contributed by atoms with Gasteiger partial charge in [-0.1, -0.05) is 0 Å². The fourth-order valence-corrected chi connectivity index (χ4v) is 3.42. The van der Waals surface area contributed by atoms with Crippen LogP contribution in [0.4, 0.5) is 0 Å². The van der Waals surface area contributed by atoms with E-state index in [1.165, 1.54) is 52.2 Å². The van der Waals surface area contributed by atoms with E-state index in [1.807, 2.05) is 0 Å². The van der Waals surface area contributed by atoms with Crippen LogP contribution in [0.15, 0.2) is 0 Å². The second kappa shape index (κ2) is 6.11. The Labute approximate surface area is 119 Å². The minimum absolute atomic E-state index is 0.352. The van der Waals surface area contributed by atoms with Gasteiger partial charge < -0.3 is 4.90 Å². The molecule has 0 saturated carbocycles. The minimum Gasteiger partial charge on any atom is -0.300 e. The van der Waals surface area contributed by atoms with Gasteiger partial charge in [0.05, 0.1) is 0 Å². The Kier molecular flexibility index (Phi) is 4.91. The largest absolute Gasteiger partial charge is 0.300 e. The van der Waals surface area contributed by atoms with Gasteiger partial charge in [0.25, 0.3) is 0 Å². The van der Waals surface area contributed by atoms with Gasteiger partial charge in [-0.25, -0.2) is 0 Å². The van der Waals surface area contributed by atoms with Crippen molar-refractivity contribution >= 4 is 0 Å². The van der Waals surface area contributed by atoms with Crippen molar-refractivity contribution in [2.45, 2.75) is 52.6 Å². The van der Waals surface area contributed by atoms with Gasteiger partial charge in [-0.3, -0.25) is 9.80 Å². The number of hydrogen-bond donors (Lipinski definition) is 0. The number of likely N-dealkylation sites (tertiary alicyclic amines) is 1. The molecular weight excluding hydrogens is 234 g/mol. The predicted molar refractivity (Wildman–Crippen MR) is 82.6 cm³/mol. The lowest BCUT2D eigenvalue weighted by Gasteiger charge is -2.38. The van der Waals surface area contributed by atoms with E-state index in [0.717, 1.165) is 5.92 Å². The fraction of sp³-hybridized carbons (Fsp3) is 1.00. The van der Waals surface area contributed by atoms with Crippen molar-refractivity contribution in [3.63, 3.8) is 0 Å². The summed E-state index contributed by atoms with van der Waals surface area (Å²) in [6, 6.07) is 0.713. The standard InChI is InChI=1S/C16H33N3/c1-14(2)18-10-8-17(9-11-18)12-15-6-7-19(13-15)16(3,4)5/h14-15H,6-13H2,1-5H3. The third-order valence-corrected chi connectivity index (χ3v) is 4.89. The van der Waals surface area contributed by atoms with Crippen LogP contribution in [0, 0.1) is 5.92 Å². The van der Waals surface area contributed by atoms with Crippen molar-refractivity contribution in [2.24, 2.45) is 5.92 Å². The van der Waals surface area contributed by atoms with Gasteiger partial charge in [0.1, 0.15) is 0 Å². The van der Waals surface area contributed by atoms with Crippen LogP contribution in [0.3, 0.4) is 0 Å². The molecule has 1 atom stereocenters. The van der Waals surface area contributed by atoms with Crippen molar-refractivity contribution in [1.29, 1.82) is 0 Å². The molecule has 2 rings (SSSR count). The quantitative estimate of drug-likeness (QED) is 0.775. The van der Waals surface area contributed by atoms with E-state index in [4.69, 9.17) is 0 Å². The number of hydrogen-bond acceptors (Lipinski definition) is 3. The molecule has 2 aliphatic rings. The molecule has 0 bridgehead atoms. The molecule has 0 spiro atoms. The summed E-state index contributed by atoms with van der Waals surface area (Å²) in [5.74, 6) is 0.893. The lowest BCUT2D eigenvalue weighted by molar-refractivity contribution is 0.0941. The first-order valence-corrected chi connectivity index (χ1v) is 8.07. The first-order valence-electron chi connectivity index (χ1n) is 8.07. The van der Waals surface area contributed by atoms with Crippen LogP contribution in [0.2, 0.25) is 0 Å². The van der Waals surface area contributed by atoms with Crippen molar-refractivity contribution in [1.82, 2.24) is 14.7 Å². The van der Waals surface area contributed by atoms with E-state index in [0.29, 0.717) is 11.6 Å². The first kappa shape index (κ1) is 15.3. The Morgan fingerprint density at radius 3 is 2.11 bits per heavy atom. The molecule has 2 saturated heterocycles. The Morgan fingerprint density at radius 2 is 1.63 bits per heavy atom. The van der Waals surface area contributed by atoms with Crippen LogP contribution in [-0.2, 0) is 0 Å². The van der Waals surface area contributed by atoms with Crippen molar-refractivity contribution in [2.75, 3.05) is 45.8 Å². The van der Waals surface area contributed by atoms with Crippen LogP contribution >= 0.6 is 0 Å². The molecule has 19 heavy (non-hydrogen) atoms. The van der Waals surface area contributed by atoms with E-state index in [9.17, 15) is 0 Å². The molecule has 0 aromatic heterocycles. The summed E-state index contributed by atoms with van der Waals surface area (Å²) in [5.41, 5.74) is 0.352. The van der Waals surface area contributed by atoms with E-state index < -0.39 is 0 Å². The molecule has 1 unspecified atom stereocenters. The molecule has 2 aliphatic heterocycles. The fourth-order valence-electron chi connectivity index (χ4n) is 3.42. The third-order valence-electron chi connectivity index (χ3n) is 4.89. The Hall–Kier alpha value is -0.120. The molecule has 0 N–H and O–H groups in total. The topological polar surface area (TPSA) is 9.72 Å². The SMILES string of the molecule is CC(C)N1CCN(CC2CCN(C(C)(C)C)C2)CC1. The lowest BCUT2D eigenvalue weighted by Crippen LogP contribution is -2.50. The molecule has 2 fully saturated rings. The highest BCUT2D eigenvalue weighted by Crippen LogP contribution is 2.25. The molecule has 0 aromatic rings. The van der Waals surface area contributed by atoms with Crippen LogP contribution in [0.1, 0.15) is 41.0 Å². The zero-order valence-corrected chi connectivity index (χ0v) is 13.7. The average molecular weight is 267 g/mol. The van der Waals surface area contributed by atoms with Gasteiger partial charge in [0.2, 0.25) is 0 Å². The normalized spacial score (nSPS) is 28.4. The molecule has 3 heteroatoms. The second-order valence-electron chi connectivity index (χ2n) is 7.70. The summed E-state index contributed by atoms with van der Waals surface area (Å²) in [5, 5.41) is 0. The van der Waals surface area contributed by atoms with Crippen molar-refractivity contribution in [3.8, 4) is 0 Å². The Bertz CT molecular complexity index is 274. The van der Waals surface area contributed by atoms with Crippen molar-refractivity contribution < 1.29 is 0 Å². The molecular formula is C16H33N3. The molecule has 0 radical (unpaired) electrons. The highest BCUT2D eigenvalue weighted by molar-refractivity contribution is 4.87. The highest BCUT2D eigenvalue weighted by Gasteiger charge is 2.31. The van der Waals surface area contributed by atoms with Gasteiger partial charge in [0.15, 0.2) is 0 Å². The van der Waals surface area contributed by atoms with E-state index in [1.54, 1.807) is 0 Å². The summed E-state index contributed by atoms with van der Waals surface area (Å²) in [4.78, 5) is 7.95. The summed E-state index contributed by atoms with van der Waals surface area (Å²) in [6.07, 6.45) is 1.39. The summed E-state index contributed by atoms with van der Waals surface area (Å²) < 4.78 is 0. The van der Waals surface area contributed by atoms with Crippen LogP contribution < -0.4 is 0 Å². The molecule has 112 valence electrons. The van der Waals surface area contributed by atoms with E-state index in [-0.39, 0.29) is 0 Å². The maximum Gasteiger partial charge on any atom is 0.0125 e. The van der Waals surface area contributed by atoms with Crippen LogP contribution in [-0.4, -0.2) is 72.1 Å². The number of piperazine rings is 1. The Morgan fingerprint density at radius 1 is 1.00 bits per heavy atom. The van der Waals surface area contributed by atoms with Gasteiger partial charge in [-0.05, 0) is 53.5 Å². The zero-order chi connectivity index (χ0) is 14.0. The number of nitrogens with zero attached hydrogens (tertiary/aromatic N) is 3. The summed E-state index contributed by atoms with van der Waals surface area (Å²) in [7, 11) is 0. The first-order chi connectivity index (χ1) is 8.86. The van der Waals surface area contributed by atoms with Gasteiger partial charge in [-0.2, -0.15) is 0 Å². The van der Waals surface area contributed by atoms with Crippen LogP contribution in [0.5, 0.6) is 0 Å². The maximum absolute atomic E-state index is 2.69. The maximum atomic E-state index is 2.69. The zero-order valence-electron chi connectivity index (χ0n) is 13.7. The highest BCUT2D eigenvalue weighted by atomic mass is 15.3. The van der Waals surface area contributed by atoms with E-state index in [2.05, 4.69) is 49.3 Å². The second-order valence-corrected chi connectivity index (χ2v) is 7.70. The predicted octanol–water partition coefficient (Wildman–Crippen LogP) is 2.13. The molecule has 2 heterocycles. The van der Waals surface area contributed by atoms with Gasteiger partial charge in [0, 0.05) is 50.8 Å². The summed E-state index contributed by atoms with van der Waals surface area (Å²) >= 11 is 0. The molecule has 0 aliphatic carbocycles. The summed E-state index contributed by atoms with van der Waals surface area (Å²) in [6.45, 7) is 20.6. The number of rotatable bonds is 3. The van der Waals surface area contributed by atoms with E-state index >= 15 is 0 Å². The monoisotopic (exact) mass is 267 g/mol. The van der Waals surface area contributed by atoms with Crippen LogP contribution in [0.25, 0.3) is 0 Å². The molecule has 0 amide bonds. The Balaban J connectivity index is 1.72. The third kappa shape index (κ3) is 4.17. The molecule has 0 aromatic carbocycles. The average Bonchev–Trinajstić information content (AvgIpc) is 2.78. The van der Waals surface area contributed by atoms with Crippen molar-refractivity contribution in [3.05, 3.63) is 0 Å².